The van der Waals surface area contributed by atoms with Crippen LogP contribution < -0.4 is 4.74 Å². The Kier molecular flexibility index (Phi) is 3.43. The van der Waals surface area contributed by atoms with Crippen molar-refractivity contribution >= 4 is 17.4 Å². The lowest BCUT2D eigenvalue weighted by Crippen LogP contribution is -2.41. The van der Waals surface area contributed by atoms with Crippen LogP contribution in [0.1, 0.15) is 49.9 Å². The van der Waals surface area contributed by atoms with E-state index in [-0.39, 0.29) is 11.4 Å². The molecule has 0 amide bonds. The Labute approximate surface area is 107 Å². The summed E-state index contributed by atoms with van der Waals surface area (Å²) >= 11 is 5.90. The normalized spacial score (nSPS) is 23.1. The number of fused-ring (bicyclic) bond motifs is 1. The molecule has 2 rings (SSSR count). The Morgan fingerprint density at radius 3 is 2.82 bits per heavy atom. The van der Waals surface area contributed by atoms with Crippen molar-refractivity contribution in [2.75, 3.05) is 0 Å². The molecule has 3 heteroatoms. The fourth-order valence-corrected chi connectivity index (χ4v) is 2.61. The van der Waals surface area contributed by atoms with E-state index in [2.05, 4.69) is 13.8 Å². The minimum atomic E-state index is -0.313. The molecular weight excluding hydrogens is 236 g/mol. The Balaban J connectivity index is 2.38. The van der Waals surface area contributed by atoms with E-state index < -0.39 is 0 Å². The molecule has 17 heavy (non-hydrogen) atoms. The summed E-state index contributed by atoms with van der Waals surface area (Å²) < 4.78 is 6.06. The van der Waals surface area contributed by atoms with Gasteiger partial charge in [-0.3, -0.25) is 4.79 Å². The van der Waals surface area contributed by atoms with E-state index in [4.69, 9.17) is 16.3 Å². The summed E-state index contributed by atoms with van der Waals surface area (Å²) in [5.41, 5.74) is 0.310. The van der Waals surface area contributed by atoms with Crippen molar-refractivity contribution in [2.24, 2.45) is 0 Å². The number of halogens is 1. The number of carbonyl (C=O) groups excluding carboxylic acids is 1. The molecule has 2 nitrogen and oxygen atoms in total. The van der Waals surface area contributed by atoms with E-state index in [0.29, 0.717) is 22.8 Å². The molecule has 0 aliphatic carbocycles. The van der Waals surface area contributed by atoms with Crippen molar-refractivity contribution in [1.29, 1.82) is 0 Å². The lowest BCUT2D eigenvalue weighted by atomic mass is 9.84. The highest BCUT2D eigenvalue weighted by atomic mass is 35.5. The van der Waals surface area contributed by atoms with E-state index in [0.717, 1.165) is 19.3 Å². The molecule has 1 unspecified atom stereocenters. The van der Waals surface area contributed by atoms with Gasteiger partial charge in [0, 0.05) is 5.02 Å². The molecule has 1 aliphatic rings. The standard InChI is InChI=1S/C14H17ClO2/c1-3-7-14(4-2)9-12(16)11-8-10(15)5-6-13(11)17-14/h5-6,8H,3-4,7,9H2,1-2H3. The first-order valence-corrected chi connectivity index (χ1v) is 6.50. The number of hydrogen-bond acceptors (Lipinski definition) is 2. The average Bonchev–Trinajstić information content (AvgIpc) is 2.31. The third kappa shape index (κ3) is 2.32. The molecule has 1 atom stereocenters. The lowest BCUT2D eigenvalue weighted by molar-refractivity contribution is 0.0311. The molecule has 0 saturated carbocycles. The monoisotopic (exact) mass is 252 g/mol. The molecule has 1 heterocycles. The first kappa shape index (κ1) is 12.4. The van der Waals surface area contributed by atoms with Gasteiger partial charge in [0.2, 0.25) is 0 Å². The van der Waals surface area contributed by atoms with Crippen LogP contribution in [0.5, 0.6) is 5.75 Å². The SMILES string of the molecule is CCCC1(CC)CC(=O)c2cc(Cl)ccc2O1. The number of carbonyl (C=O) groups is 1. The summed E-state index contributed by atoms with van der Waals surface area (Å²) in [5.74, 6) is 0.824. The van der Waals surface area contributed by atoms with Crippen LogP contribution in [0, 0.1) is 0 Å². The minimum Gasteiger partial charge on any atom is -0.486 e. The number of Topliss-reactive ketones (excluding diaryl/α,β-unsaturated/α-hetero) is 1. The minimum absolute atomic E-state index is 0.143. The van der Waals surface area contributed by atoms with E-state index in [1.807, 2.05) is 0 Å². The van der Waals surface area contributed by atoms with Crippen LogP contribution >= 0.6 is 11.6 Å². The van der Waals surface area contributed by atoms with E-state index in [1.54, 1.807) is 18.2 Å². The Bertz CT molecular complexity index is 442. The zero-order chi connectivity index (χ0) is 12.5. The van der Waals surface area contributed by atoms with Crippen molar-refractivity contribution in [3.05, 3.63) is 28.8 Å². The Morgan fingerprint density at radius 1 is 1.41 bits per heavy atom. The summed E-state index contributed by atoms with van der Waals surface area (Å²) in [6.45, 7) is 4.19. The van der Waals surface area contributed by atoms with Crippen molar-refractivity contribution in [2.45, 2.75) is 45.1 Å². The number of benzene rings is 1. The predicted molar refractivity (Wildman–Crippen MR) is 69.0 cm³/mol. The van der Waals surface area contributed by atoms with E-state index in [9.17, 15) is 4.79 Å². The lowest BCUT2D eigenvalue weighted by Gasteiger charge is -2.37. The van der Waals surface area contributed by atoms with Crippen LogP contribution in [0.4, 0.5) is 0 Å². The van der Waals surface area contributed by atoms with Crippen LogP contribution in [-0.4, -0.2) is 11.4 Å². The molecule has 92 valence electrons. The Hall–Kier alpha value is -1.02. The number of ether oxygens (including phenoxy) is 1. The van der Waals surface area contributed by atoms with Crippen LogP contribution in [0.3, 0.4) is 0 Å². The van der Waals surface area contributed by atoms with E-state index >= 15 is 0 Å². The molecule has 0 spiro atoms. The maximum Gasteiger partial charge on any atom is 0.170 e. The van der Waals surface area contributed by atoms with Gasteiger partial charge < -0.3 is 4.74 Å². The van der Waals surface area contributed by atoms with Crippen LogP contribution in [0.25, 0.3) is 0 Å². The highest BCUT2D eigenvalue weighted by molar-refractivity contribution is 6.31. The van der Waals surface area contributed by atoms with Crippen molar-refractivity contribution in [1.82, 2.24) is 0 Å². The molecule has 1 aliphatic heterocycles. The van der Waals surface area contributed by atoms with Crippen LogP contribution in [-0.2, 0) is 0 Å². The highest BCUT2D eigenvalue weighted by Crippen LogP contribution is 2.38. The predicted octanol–water partition coefficient (Wildman–Crippen LogP) is 4.25. The fraction of sp³-hybridized carbons (Fsp3) is 0.500. The third-order valence-corrected chi connectivity index (χ3v) is 3.64. The van der Waals surface area contributed by atoms with Gasteiger partial charge in [0.15, 0.2) is 5.78 Å². The topological polar surface area (TPSA) is 26.3 Å². The van der Waals surface area contributed by atoms with Crippen molar-refractivity contribution in [3.63, 3.8) is 0 Å². The molecule has 0 aromatic heterocycles. The van der Waals surface area contributed by atoms with Gasteiger partial charge in [0.1, 0.15) is 11.4 Å². The smallest absolute Gasteiger partial charge is 0.170 e. The van der Waals surface area contributed by atoms with Crippen LogP contribution in [0.2, 0.25) is 5.02 Å². The molecule has 0 bridgehead atoms. The molecule has 0 radical (unpaired) electrons. The van der Waals surface area contributed by atoms with Gasteiger partial charge >= 0.3 is 0 Å². The molecular formula is C14H17ClO2. The van der Waals surface area contributed by atoms with Gasteiger partial charge in [-0.1, -0.05) is 31.9 Å². The molecule has 0 fully saturated rings. The average molecular weight is 253 g/mol. The molecule has 1 aromatic rings. The molecule has 0 N–H and O–H groups in total. The van der Waals surface area contributed by atoms with Crippen molar-refractivity contribution in [3.8, 4) is 5.75 Å². The largest absolute Gasteiger partial charge is 0.486 e. The van der Waals surface area contributed by atoms with Gasteiger partial charge in [-0.2, -0.15) is 0 Å². The fourth-order valence-electron chi connectivity index (χ4n) is 2.44. The van der Waals surface area contributed by atoms with Crippen LogP contribution in [0.15, 0.2) is 18.2 Å². The molecule has 0 saturated heterocycles. The summed E-state index contributed by atoms with van der Waals surface area (Å²) in [5, 5.41) is 0.584. The van der Waals surface area contributed by atoms with Crippen molar-refractivity contribution < 1.29 is 9.53 Å². The summed E-state index contributed by atoms with van der Waals surface area (Å²) in [4.78, 5) is 12.1. The maximum atomic E-state index is 12.1. The Morgan fingerprint density at radius 2 is 2.18 bits per heavy atom. The van der Waals surface area contributed by atoms with Gasteiger partial charge in [-0.05, 0) is 31.0 Å². The third-order valence-electron chi connectivity index (χ3n) is 3.40. The van der Waals surface area contributed by atoms with Gasteiger partial charge in [0.25, 0.3) is 0 Å². The van der Waals surface area contributed by atoms with Gasteiger partial charge in [0.05, 0.1) is 12.0 Å². The number of rotatable bonds is 3. The zero-order valence-corrected chi connectivity index (χ0v) is 11.0. The maximum absolute atomic E-state index is 12.1. The summed E-state index contributed by atoms with van der Waals surface area (Å²) in [6, 6.07) is 5.27. The quantitative estimate of drug-likeness (QED) is 0.804. The second-order valence-corrected chi connectivity index (χ2v) is 5.07. The highest BCUT2D eigenvalue weighted by Gasteiger charge is 2.38. The second-order valence-electron chi connectivity index (χ2n) is 4.63. The van der Waals surface area contributed by atoms with Gasteiger partial charge in [-0.15, -0.1) is 0 Å². The zero-order valence-electron chi connectivity index (χ0n) is 10.3. The van der Waals surface area contributed by atoms with E-state index in [1.165, 1.54) is 0 Å². The second kappa shape index (κ2) is 4.69. The summed E-state index contributed by atoms with van der Waals surface area (Å²) in [7, 11) is 0. The number of ketones is 1. The first-order valence-electron chi connectivity index (χ1n) is 6.12. The first-order chi connectivity index (χ1) is 8.10. The number of hydrogen-bond donors (Lipinski definition) is 0. The molecule has 1 aromatic carbocycles. The summed E-state index contributed by atoms with van der Waals surface area (Å²) in [6.07, 6.45) is 3.25. The van der Waals surface area contributed by atoms with Gasteiger partial charge in [-0.25, -0.2) is 0 Å².